The Hall–Kier alpha value is -1.29. The number of phenols is 2. The molecule has 4 heteroatoms. The van der Waals surface area contributed by atoms with E-state index in [4.69, 9.17) is 0 Å². The Kier molecular flexibility index (Phi) is 5.02. The summed E-state index contributed by atoms with van der Waals surface area (Å²) in [7, 11) is 0. The third-order valence-electron chi connectivity index (χ3n) is 7.26. The Balaban J connectivity index is 1.97. The van der Waals surface area contributed by atoms with E-state index >= 15 is 0 Å². The van der Waals surface area contributed by atoms with E-state index in [1.165, 1.54) is 11.6 Å². The predicted molar refractivity (Wildman–Crippen MR) is 108 cm³/mol. The van der Waals surface area contributed by atoms with E-state index in [-0.39, 0.29) is 33.8 Å². The molecule has 0 spiro atoms. The second kappa shape index (κ2) is 6.70. The molecule has 1 aromatic rings. The monoisotopic (exact) mass is 420 g/mol. The van der Waals surface area contributed by atoms with Crippen LogP contribution in [0.15, 0.2) is 24.3 Å². The van der Waals surface area contributed by atoms with Gasteiger partial charge in [-0.2, -0.15) is 0 Å². The number of alkyl halides is 1. The van der Waals surface area contributed by atoms with Gasteiger partial charge in [0.1, 0.15) is 11.5 Å². The van der Waals surface area contributed by atoms with Crippen LogP contribution in [0.1, 0.15) is 62.4 Å². The van der Waals surface area contributed by atoms with Crippen molar-refractivity contribution >= 4 is 22.2 Å². The third-order valence-corrected chi connectivity index (χ3v) is 8.90. The van der Waals surface area contributed by atoms with Gasteiger partial charge in [-0.3, -0.25) is 4.79 Å². The van der Waals surface area contributed by atoms with Gasteiger partial charge in [-0.25, -0.2) is 0 Å². The number of rotatable bonds is 3. The van der Waals surface area contributed by atoms with E-state index in [0.717, 1.165) is 25.7 Å². The highest BCUT2D eigenvalue weighted by atomic mass is 79.9. The molecule has 0 aromatic heterocycles. The molecule has 2 N–H and O–H groups in total. The van der Waals surface area contributed by atoms with E-state index in [2.05, 4.69) is 43.3 Å². The fourth-order valence-electron chi connectivity index (χ4n) is 5.63. The Labute approximate surface area is 164 Å². The first kappa shape index (κ1) is 19.5. The van der Waals surface area contributed by atoms with Crippen LogP contribution in [-0.2, 0) is 6.42 Å². The summed E-state index contributed by atoms with van der Waals surface area (Å²) in [6.45, 7) is 11.5. The fourth-order valence-corrected chi connectivity index (χ4v) is 6.18. The summed E-state index contributed by atoms with van der Waals surface area (Å²) in [4.78, 5) is 11.5. The Bertz CT molecular complexity index is 739. The van der Waals surface area contributed by atoms with Crippen LogP contribution < -0.4 is 0 Å². The minimum Gasteiger partial charge on any atom is -0.508 e. The second-order valence-electron chi connectivity index (χ2n) is 9.00. The van der Waals surface area contributed by atoms with Gasteiger partial charge >= 0.3 is 0 Å². The van der Waals surface area contributed by atoms with Gasteiger partial charge in [0.2, 0.25) is 0 Å². The minimum absolute atomic E-state index is 0.0691. The van der Waals surface area contributed by atoms with Crippen molar-refractivity contribution in [1.29, 1.82) is 0 Å². The molecule has 0 saturated heterocycles. The first-order valence-corrected chi connectivity index (χ1v) is 10.3. The molecule has 3 rings (SSSR count). The lowest BCUT2D eigenvalue weighted by Crippen LogP contribution is -2.53. The van der Waals surface area contributed by atoms with Crippen LogP contribution >= 0.6 is 15.9 Å². The van der Waals surface area contributed by atoms with Crippen LogP contribution in [0.2, 0.25) is 0 Å². The average Bonchev–Trinajstić information content (AvgIpc) is 2.57. The number of carbonyl (C=O) groups excluding carboxylic acids is 1. The van der Waals surface area contributed by atoms with Gasteiger partial charge in [-0.15, -0.1) is 0 Å². The van der Waals surface area contributed by atoms with Gasteiger partial charge in [-0.1, -0.05) is 48.9 Å². The average molecular weight is 421 g/mol. The van der Waals surface area contributed by atoms with Crippen LogP contribution in [0, 0.1) is 22.7 Å². The summed E-state index contributed by atoms with van der Waals surface area (Å²) >= 11 is 3.91. The molecule has 0 bridgehead atoms. The fraction of sp³-hybridized carbons (Fsp3) is 0.591. The molecule has 4 atom stereocenters. The lowest BCUT2D eigenvalue weighted by molar-refractivity contribution is -0.0461. The molecule has 0 radical (unpaired) electrons. The first-order valence-electron chi connectivity index (χ1n) is 9.43. The molecule has 2 fully saturated rings. The number of fused-ring (bicyclic) bond motifs is 1. The molecular weight excluding hydrogens is 392 g/mol. The van der Waals surface area contributed by atoms with Crippen LogP contribution in [0.25, 0.3) is 0 Å². The normalized spacial score (nSPS) is 33.5. The topological polar surface area (TPSA) is 57.5 Å². The molecular formula is C22H29BrO3. The van der Waals surface area contributed by atoms with Gasteiger partial charge in [0.15, 0.2) is 6.29 Å². The van der Waals surface area contributed by atoms with Crippen LogP contribution in [0.3, 0.4) is 0 Å². The SMILES string of the molecule is C=C1CC[C@H]2C(C)(C)[C@@H](Br)CC[C@]2(C)[C@@H]1Cc1cc(O)c(C=O)cc1O. The van der Waals surface area contributed by atoms with Gasteiger partial charge in [0.05, 0.1) is 5.56 Å². The van der Waals surface area contributed by atoms with Gasteiger partial charge in [-0.05, 0) is 72.5 Å². The lowest BCUT2D eigenvalue weighted by Gasteiger charge is -2.59. The van der Waals surface area contributed by atoms with Crippen molar-refractivity contribution in [2.45, 2.75) is 57.7 Å². The number of aromatic hydroxyl groups is 2. The molecule has 26 heavy (non-hydrogen) atoms. The van der Waals surface area contributed by atoms with E-state index in [0.29, 0.717) is 29.0 Å². The molecule has 2 aliphatic carbocycles. The number of carbonyl (C=O) groups is 1. The highest BCUT2D eigenvalue weighted by Crippen LogP contribution is 2.62. The van der Waals surface area contributed by atoms with Gasteiger partial charge < -0.3 is 10.2 Å². The van der Waals surface area contributed by atoms with Crippen molar-refractivity contribution in [3.05, 3.63) is 35.4 Å². The summed E-state index contributed by atoms with van der Waals surface area (Å²) in [6.07, 6.45) is 5.63. The predicted octanol–water partition coefficient (Wildman–Crippen LogP) is 5.63. The van der Waals surface area contributed by atoms with Crippen molar-refractivity contribution < 1.29 is 15.0 Å². The number of halogens is 1. The molecule has 0 amide bonds. The van der Waals surface area contributed by atoms with Crippen molar-refractivity contribution in [3.63, 3.8) is 0 Å². The number of hydrogen-bond donors (Lipinski definition) is 2. The zero-order valence-corrected chi connectivity index (χ0v) is 17.5. The van der Waals surface area contributed by atoms with Crippen molar-refractivity contribution in [2.75, 3.05) is 0 Å². The molecule has 0 heterocycles. The smallest absolute Gasteiger partial charge is 0.153 e. The standard InChI is InChI=1S/C22H29BrO3/c1-13-5-6-19-21(2,3)20(23)7-8-22(19,4)16(13)9-14-10-18(26)15(12-24)11-17(14)25/h10-12,16,19-20,25-26H,1,5-9H2,2-4H3/t16-,19+,20+,22-/m1/s1. The van der Waals surface area contributed by atoms with Crippen molar-refractivity contribution in [1.82, 2.24) is 0 Å². The number of phenolic OH excluding ortho intramolecular Hbond substituents is 2. The molecule has 2 saturated carbocycles. The zero-order valence-electron chi connectivity index (χ0n) is 15.9. The van der Waals surface area contributed by atoms with Gasteiger partial charge in [0, 0.05) is 4.83 Å². The summed E-state index contributed by atoms with van der Waals surface area (Å²) in [5, 5.41) is 20.4. The highest BCUT2D eigenvalue weighted by molar-refractivity contribution is 9.09. The summed E-state index contributed by atoms with van der Waals surface area (Å²) in [6, 6.07) is 2.91. The summed E-state index contributed by atoms with van der Waals surface area (Å²) in [5.74, 6) is 0.846. The van der Waals surface area contributed by atoms with E-state index < -0.39 is 0 Å². The molecule has 0 unspecified atom stereocenters. The molecule has 2 aliphatic rings. The lowest BCUT2D eigenvalue weighted by atomic mass is 9.47. The highest BCUT2D eigenvalue weighted by Gasteiger charge is 2.55. The Morgan fingerprint density at radius 2 is 1.92 bits per heavy atom. The third kappa shape index (κ3) is 3.00. The van der Waals surface area contributed by atoms with E-state index in [1.807, 2.05) is 0 Å². The van der Waals surface area contributed by atoms with Crippen molar-refractivity contribution in [3.8, 4) is 11.5 Å². The quantitative estimate of drug-likeness (QED) is 0.288. The number of allylic oxidation sites excluding steroid dienone is 1. The van der Waals surface area contributed by atoms with Gasteiger partial charge in [0.25, 0.3) is 0 Å². The molecule has 1 aromatic carbocycles. The van der Waals surface area contributed by atoms with Crippen LogP contribution in [0.5, 0.6) is 11.5 Å². The first-order chi connectivity index (χ1) is 12.1. The van der Waals surface area contributed by atoms with Crippen molar-refractivity contribution in [2.24, 2.45) is 22.7 Å². The van der Waals surface area contributed by atoms with Crippen LogP contribution in [-0.4, -0.2) is 21.3 Å². The molecule has 3 nitrogen and oxygen atoms in total. The number of aldehydes is 1. The minimum atomic E-state index is -0.0691. The summed E-state index contributed by atoms with van der Waals surface area (Å²) < 4.78 is 0. The number of hydrogen-bond acceptors (Lipinski definition) is 3. The summed E-state index contributed by atoms with van der Waals surface area (Å²) in [5.41, 5.74) is 2.39. The second-order valence-corrected chi connectivity index (χ2v) is 10.1. The largest absolute Gasteiger partial charge is 0.508 e. The maximum absolute atomic E-state index is 11.0. The van der Waals surface area contributed by atoms with Crippen LogP contribution in [0.4, 0.5) is 0 Å². The maximum atomic E-state index is 11.0. The number of benzene rings is 1. The Morgan fingerprint density at radius 1 is 1.23 bits per heavy atom. The Morgan fingerprint density at radius 3 is 2.58 bits per heavy atom. The molecule has 0 aliphatic heterocycles. The zero-order chi connectivity index (χ0) is 19.3. The van der Waals surface area contributed by atoms with E-state index in [1.54, 1.807) is 6.07 Å². The molecule has 142 valence electrons. The van der Waals surface area contributed by atoms with E-state index in [9.17, 15) is 15.0 Å². The maximum Gasteiger partial charge on any atom is 0.153 e.